The first kappa shape index (κ1) is 20.1. The Hall–Kier alpha value is -3.68. The van der Waals surface area contributed by atoms with E-state index in [4.69, 9.17) is 9.47 Å². The van der Waals surface area contributed by atoms with Crippen molar-refractivity contribution in [1.82, 2.24) is 15.1 Å². The number of aryl methyl sites for hydroxylation is 1. The second kappa shape index (κ2) is 8.55. The van der Waals surface area contributed by atoms with Gasteiger partial charge in [0.2, 0.25) is 5.43 Å². The molecule has 0 saturated carbocycles. The Kier molecular flexibility index (Phi) is 5.92. The molecule has 1 heterocycles. The number of nitrogens with zero attached hydrogens (tertiary/aromatic N) is 2. The van der Waals surface area contributed by atoms with Crippen molar-refractivity contribution in [2.24, 2.45) is 0 Å². The Bertz CT molecular complexity index is 1110. The quantitative estimate of drug-likeness (QED) is 0.692. The number of amides is 1. The molecule has 8 heteroatoms. The maximum absolute atomic E-state index is 14.1. The fraction of sp³-hybridized carbons (Fsp3) is 0.190. The topological polar surface area (TPSA) is 82.5 Å². The summed E-state index contributed by atoms with van der Waals surface area (Å²) in [5, 5.41) is 6.74. The number of halogens is 1. The third kappa shape index (κ3) is 4.26. The van der Waals surface area contributed by atoms with Gasteiger partial charge in [0.25, 0.3) is 5.91 Å². The molecule has 150 valence electrons. The lowest BCUT2D eigenvalue weighted by molar-refractivity contribution is 0.0942. The first-order valence-corrected chi connectivity index (χ1v) is 8.79. The molecule has 0 saturated heterocycles. The van der Waals surface area contributed by atoms with E-state index in [2.05, 4.69) is 10.4 Å². The predicted molar refractivity (Wildman–Crippen MR) is 105 cm³/mol. The Morgan fingerprint density at radius 1 is 1.14 bits per heavy atom. The molecule has 1 N–H and O–H groups in total. The lowest BCUT2D eigenvalue weighted by atomic mass is 10.2. The van der Waals surface area contributed by atoms with E-state index >= 15 is 0 Å². The van der Waals surface area contributed by atoms with E-state index in [1.165, 1.54) is 30.0 Å². The summed E-state index contributed by atoms with van der Waals surface area (Å²) in [5.74, 6) is -0.0331. The zero-order valence-corrected chi connectivity index (χ0v) is 16.2. The van der Waals surface area contributed by atoms with E-state index in [0.717, 1.165) is 0 Å². The molecule has 0 aliphatic carbocycles. The summed E-state index contributed by atoms with van der Waals surface area (Å²) in [4.78, 5) is 24.9. The lowest BCUT2D eigenvalue weighted by Gasteiger charge is -2.13. The van der Waals surface area contributed by atoms with Crippen LogP contribution in [0, 0.1) is 12.7 Å². The number of rotatable bonds is 6. The van der Waals surface area contributed by atoms with Gasteiger partial charge in [-0.2, -0.15) is 5.10 Å². The van der Waals surface area contributed by atoms with Crippen molar-refractivity contribution < 1.29 is 18.7 Å². The van der Waals surface area contributed by atoms with E-state index in [-0.39, 0.29) is 17.9 Å². The smallest absolute Gasteiger partial charge is 0.276 e. The minimum absolute atomic E-state index is 0.112. The maximum atomic E-state index is 14.1. The van der Waals surface area contributed by atoms with Crippen molar-refractivity contribution in [3.8, 4) is 17.2 Å². The largest absolute Gasteiger partial charge is 0.497 e. The average Bonchev–Trinajstić information content (AvgIpc) is 2.72. The molecule has 0 fully saturated rings. The van der Waals surface area contributed by atoms with Gasteiger partial charge in [0.15, 0.2) is 5.69 Å². The van der Waals surface area contributed by atoms with Crippen molar-refractivity contribution in [3.63, 3.8) is 0 Å². The van der Waals surface area contributed by atoms with Crippen molar-refractivity contribution in [3.05, 3.63) is 81.5 Å². The van der Waals surface area contributed by atoms with Crippen LogP contribution in [0.25, 0.3) is 5.69 Å². The molecule has 0 aliphatic heterocycles. The highest BCUT2D eigenvalue weighted by atomic mass is 19.1. The zero-order valence-electron chi connectivity index (χ0n) is 16.2. The minimum Gasteiger partial charge on any atom is -0.497 e. The molecule has 29 heavy (non-hydrogen) atoms. The fourth-order valence-corrected chi connectivity index (χ4v) is 2.83. The van der Waals surface area contributed by atoms with Crippen LogP contribution in [0.15, 0.2) is 53.3 Å². The van der Waals surface area contributed by atoms with Crippen LogP contribution in [0.1, 0.15) is 21.7 Å². The van der Waals surface area contributed by atoms with Crippen LogP contribution >= 0.6 is 0 Å². The molecule has 0 radical (unpaired) electrons. The number of ether oxygens (including phenoxy) is 2. The summed E-state index contributed by atoms with van der Waals surface area (Å²) < 4.78 is 25.8. The molecule has 1 amide bonds. The van der Waals surface area contributed by atoms with E-state index in [1.54, 1.807) is 44.4 Å². The molecule has 7 nitrogen and oxygen atoms in total. The average molecular weight is 397 g/mol. The maximum Gasteiger partial charge on any atom is 0.276 e. The second-order valence-electron chi connectivity index (χ2n) is 6.22. The van der Waals surface area contributed by atoms with Gasteiger partial charge in [0.05, 0.1) is 14.2 Å². The van der Waals surface area contributed by atoms with Gasteiger partial charge in [0.1, 0.15) is 23.0 Å². The molecular weight excluding hydrogens is 377 g/mol. The predicted octanol–water partition coefficient (Wildman–Crippen LogP) is 2.63. The van der Waals surface area contributed by atoms with Crippen molar-refractivity contribution in [2.75, 3.05) is 14.2 Å². The summed E-state index contributed by atoms with van der Waals surface area (Å²) in [5.41, 5.74) is 0.383. The highest BCUT2D eigenvalue weighted by Gasteiger charge is 2.17. The van der Waals surface area contributed by atoms with Crippen LogP contribution in [-0.4, -0.2) is 29.9 Å². The normalized spacial score (nSPS) is 10.5. The van der Waals surface area contributed by atoms with Crippen molar-refractivity contribution in [2.45, 2.75) is 13.5 Å². The Morgan fingerprint density at radius 2 is 1.90 bits per heavy atom. The molecule has 0 aliphatic rings. The number of nitrogens with one attached hydrogen (secondary N) is 1. The van der Waals surface area contributed by atoms with Gasteiger partial charge in [0, 0.05) is 29.9 Å². The van der Waals surface area contributed by atoms with E-state index in [1.807, 2.05) is 0 Å². The molecule has 0 unspecified atom stereocenters. The zero-order chi connectivity index (χ0) is 21.0. The van der Waals surface area contributed by atoms with Gasteiger partial charge in [-0.15, -0.1) is 0 Å². The monoisotopic (exact) mass is 397 g/mol. The van der Waals surface area contributed by atoms with Crippen molar-refractivity contribution >= 4 is 5.91 Å². The first-order valence-electron chi connectivity index (χ1n) is 8.79. The minimum atomic E-state index is -0.669. The summed E-state index contributed by atoms with van der Waals surface area (Å²) in [6.07, 6.45) is 0. The van der Waals surface area contributed by atoms with Crippen LogP contribution in [0.2, 0.25) is 0 Å². The van der Waals surface area contributed by atoms with Crippen LogP contribution in [0.5, 0.6) is 11.5 Å². The van der Waals surface area contributed by atoms with Gasteiger partial charge in [-0.05, 0) is 31.2 Å². The number of methoxy groups -OCH3 is 2. The molecule has 0 bridgehead atoms. The van der Waals surface area contributed by atoms with E-state index in [0.29, 0.717) is 22.8 Å². The first-order chi connectivity index (χ1) is 13.9. The third-order valence-corrected chi connectivity index (χ3v) is 4.34. The molecule has 3 aromatic rings. The molecule has 1 aromatic heterocycles. The summed E-state index contributed by atoms with van der Waals surface area (Å²) in [6.45, 7) is 1.73. The summed E-state index contributed by atoms with van der Waals surface area (Å²) >= 11 is 0. The summed E-state index contributed by atoms with van der Waals surface area (Å²) in [7, 11) is 3.05. The van der Waals surface area contributed by atoms with Gasteiger partial charge in [-0.25, -0.2) is 9.07 Å². The second-order valence-corrected chi connectivity index (χ2v) is 6.22. The standard InChI is InChI=1S/C21H20FN3O4/c1-13-10-18(26)20(24-25(13)17-7-5-4-6-16(17)22)21(27)23-12-14-8-9-15(28-2)11-19(14)29-3/h4-11H,12H2,1-3H3,(H,23,27). The molecular formula is C21H20FN3O4. The number of carbonyl (C=O) groups excluding carboxylic acids is 1. The van der Waals surface area contributed by atoms with Crippen LogP contribution in [0.4, 0.5) is 4.39 Å². The number of aromatic nitrogens is 2. The van der Waals surface area contributed by atoms with Crippen molar-refractivity contribution in [1.29, 1.82) is 0 Å². The van der Waals surface area contributed by atoms with Gasteiger partial charge < -0.3 is 14.8 Å². The van der Waals surface area contributed by atoms with Crippen LogP contribution in [-0.2, 0) is 6.54 Å². The SMILES string of the molecule is COc1ccc(CNC(=O)c2nn(-c3ccccc3F)c(C)cc2=O)c(OC)c1. The number of para-hydroxylation sites is 1. The molecule has 0 spiro atoms. The molecule has 3 rings (SSSR count). The number of carbonyl (C=O) groups is 1. The number of hydrogen-bond acceptors (Lipinski definition) is 5. The Morgan fingerprint density at radius 3 is 2.59 bits per heavy atom. The highest BCUT2D eigenvalue weighted by Crippen LogP contribution is 2.24. The third-order valence-electron chi connectivity index (χ3n) is 4.34. The van der Waals surface area contributed by atoms with Gasteiger partial charge in [-0.3, -0.25) is 9.59 Å². The lowest BCUT2D eigenvalue weighted by Crippen LogP contribution is -2.31. The number of benzene rings is 2. The fourth-order valence-electron chi connectivity index (χ4n) is 2.83. The van der Waals surface area contributed by atoms with Gasteiger partial charge >= 0.3 is 0 Å². The van der Waals surface area contributed by atoms with Crippen LogP contribution in [0.3, 0.4) is 0 Å². The van der Waals surface area contributed by atoms with Crippen LogP contribution < -0.4 is 20.2 Å². The van der Waals surface area contributed by atoms with Gasteiger partial charge in [-0.1, -0.05) is 12.1 Å². The molecule has 2 aromatic carbocycles. The number of hydrogen-bond donors (Lipinski definition) is 1. The van der Waals surface area contributed by atoms with E-state index < -0.39 is 17.2 Å². The highest BCUT2D eigenvalue weighted by molar-refractivity contribution is 5.92. The Labute approximate surface area is 166 Å². The van der Waals surface area contributed by atoms with E-state index in [9.17, 15) is 14.0 Å². The summed E-state index contributed by atoms with van der Waals surface area (Å²) in [6, 6.07) is 12.4. The molecule has 0 atom stereocenters. The Balaban J connectivity index is 1.88.